The number of aromatic nitrogens is 1. The van der Waals surface area contributed by atoms with Crippen LogP contribution >= 0.6 is 0 Å². The van der Waals surface area contributed by atoms with Gasteiger partial charge in [-0.15, -0.1) is 0 Å². The number of ether oxygens (including phenoxy) is 1. The molecule has 8 nitrogen and oxygen atoms in total. The minimum Gasteiger partial charge on any atom is -0.453 e. The fourth-order valence-corrected chi connectivity index (χ4v) is 3.16. The molecule has 1 aliphatic heterocycles. The number of amides is 3. The molecule has 3 amide bonds. The van der Waals surface area contributed by atoms with Crippen molar-refractivity contribution in [2.24, 2.45) is 0 Å². The molecule has 3 rings (SSSR count). The lowest BCUT2D eigenvalue weighted by atomic mass is 10.1. The molecule has 0 unspecified atom stereocenters. The van der Waals surface area contributed by atoms with Crippen molar-refractivity contribution >= 4 is 23.5 Å². The number of piperazine rings is 1. The number of benzene rings is 1. The molecule has 0 atom stereocenters. The van der Waals surface area contributed by atoms with Crippen molar-refractivity contribution in [1.29, 1.82) is 0 Å². The number of pyridine rings is 1. The second-order valence-corrected chi connectivity index (χ2v) is 7.02. The van der Waals surface area contributed by atoms with Crippen LogP contribution in [0, 0.1) is 24.4 Å². The summed E-state index contributed by atoms with van der Waals surface area (Å²) in [5, 5.41) is 4.42. The number of carbonyl (C=O) groups is 2. The molecule has 166 valence electrons. The number of halogens is 3. The van der Waals surface area contributed by atoms with Crippen molar-refractivity contribution < 1.29 is 27.5 Å². The predicted octanol–water partition coefficient (Wildman–Crippen LogP) is 3.34. The second kappa shape index (κ2) is 9.65. The Labute approximate surface area is 177 Å². The van der Waals surface area contributed by atoms with Gasteiger partial charge in [0, 0.05) is 44.0 Å². The number of aryl methyl sites for hydroxylation is 1. The van der Waals surface area contributed by atoms with Gasteiger partial charge in [0.05, 0.1) is 19.0 Å². The Morgan fingerprint density at radius 1 is 1.10 bits per heavy atom. The maximum absolute atomic E-state index is 14.9. The van der Waals surface area contributed by atoms with Crippen molar-refractivity contribution in [3.05, 3.63) is 53.1 Å². The summed E-state index contributed by atoms with van der Waals surface area (Å²) in [7, 11) is 1.28. The van der Waals surface area contributed by atoms with Crippen LogP contribution in [0.5, 0.6) is 0 Å². The van der Waals surface area contributed by atoms with E-state index in [1.54, 1.807) is 24.0 Å². The van der Waals surface area contributed by atoms with E-state index in [1.807, 2.05) is 5.32 Å². The zero-order valence-corrected chi connectivity index (χ0v) is 17.0. The Morgan fingerprint density at radius 2 is 1.81 bits per heavy atom. The molecule has 2 aromatic rings. The van der Waals surface area contributed by atoms with Crippen LogP contribution < -0.4 is 10.6 Å². The Kier molecular flexibility index (Phi) is 6.95. The maximum Gasteiger partial charge on any atom is 0.409 e. The third kappa shape index (κ3) is 5.43. The highest BCUT2D eigenvalue weighted by atomic mass is 19.2. The number of nitrogens with zero attached hydrogens (tertiary/aromatic N) is 3. The van der Waals surface area contributed by atoms with Crippen LogP contribution in [-0.2, 0) is 11.3 Å². The number of rotatable bonds is 4. The summed E-state index contributed by atoms with van der Waals surface area (Å²) in [6, 6.07) is 3.05. The SMILES string of the molecule is COC(=O)N1CCN(Cc2cc(F)c(F)c(NC(=O)Nc3ccc(C)nc3)c2F)CC1. The van der Waals surface area contributed by atoms with E-state index in [0.29, 0.717) is 31.9 Å². The molecule has 31 heavy (non-hydrogen) atoms. The van der Waals surface area contributed by atoms with Gasteiger partial charge in [0.2, 0.25) is 0 Å². The first-order valence-corrected chi connectivity index (χ1v) is 9.50. The number of methoxy groups -OCH3 is 1. The summed E-state index contributed by atoms with van der Waals surface area (Å²) in [5.41, 5.74) is 0.0488. The average Bonchev–Trinajstić information content (AvgIpc) is 2.76. The van der Waals surface area contributed by atoms with Crippen LogP contribution in [0.3, 0.4) is 0 Å². The summed E-state index contributed by atoms with van der Waals surface area (Å²) in [4.78, 5) is 31.0. The van der Waals surface area contributed by atoms with Gasteiger partial charge in [0.1, 0.15) is 5.69 Å². The first kappa shape index (κ1) is 22.3. The van der Waals surface area contributed by atoms with Gasteiger partial charge < -0.3 is 20.3 Å². The molecular formula is C20H22F3N5O3. The molecule has 2 heterocycles. The van der Waals surface area contributed by atoms with Crippen molar-refractivity contribution in [1.82, 2.24) is 14.8 Å². The third-order valence-corrected chi connectivity index (χ3v) is 4.84. The van der Waals surface area contributed by atoms with Crippen molar-refractivity contribution in [2.75, 3.05) is 43.9 Å². The van der Waals surface area contributed by atoms with E-state index in [1.165, 1.54) is 18.2 Å². The number of carbonyl (C=O) groups excluding carboxylic acids is 2. The Morgan fingerprint density at radius 3 is 2.42 bits per heavy atom. The molecular weight excluding hydrogens is 415 g/mol. The minimum absolute atomic E-state index is 0.0176. The summed E-state index contributed by atoms with van der Waals surface area (Å²) in [6.45, 7) is 3.26. The zero-order valence-electron chi connectivity index (χ0n) is 17.0. The molecule has 0 radical (unpaired) electrons. The average molecular weight is 437 g/mol. The van der Waals surface area contributed by atoms with Crippen LogP contribution in [-0.4, -0.2) is 60.2 Å². The molecule has 1 saturated heterocycles. The molecule has 2 N–H and O–H groups in total. The summed E-state index contributed by atoms with van der Waals surface area (Å²) in [5.74, 6) is -3.84. The van der Waals surface area contributed by atoms with Crippen LogP contribution in [0.15, 0.2) is 24.4 Å². The van der Waals surface area contributed by atoms with Gasteiger partial charge in [-0.05, 0) is 25.1 Å². The molecule has 0 aliphatic carbocycles. The lowest BCUT2D eigenvalue weighted by molar-refractivity contribution is 0.0885. The van der Waals surface area contributed by atoms with Gasteiger partial charge in [-0.3, -0.25) is 9.88 Å². The van der Waals surface area contributed by atoms with Crippen LogP contribution in [0.2, 0.25) is 0 Å². The van der Waals surface area contributed by atoms with Gasteiger partial charge in [0.15, 0.2) is 17.5 Å². The number of hydrogen-bond donors (Lipinski definition) is 2. The second-order valence-electron chi connectivity index (χ2n) is 7.02. The van der Waals surface area contributed by atoms with E-state index >= 15 is 0 Å². The van der Waals surface area contributed by atoms with Gasteiger partial charge in [0.25, 0.3) is 0 Å². The number of nitrogens with one attached hydrogen (secondary N) is 2. The normalized spacial score (nSPS) is 14.3. The molecule has 0 bridgehead atoms. The summed E-state index contributed by atoms with van der Waals surface area (Å²) in [6.07, 6.45) is 0.923. The van der Waals surface area contributed by atoms with Crippen LogP contribution in [0.25, 0.3) is 0 Å². The Bertz CT molecular complexity index is 964. The number of anilines is 2. The standard InChI is InChI=1S/C20H22F3N5O3/c1-12-3-4-14(10-24-12)25-19(29)26-18-16(22)13(9-15(21)17(18)23)11-27-5-7-28(8-6-27)20(30)31-2/h3-4,9-10H,5-8,11H2,1-2H3,(H2,25,26,29). The van der Waals surface area contributed by atoms with E-state index in [9.17, 15) is 22.8 Å². The van der Waals surface area contributed by atoms with Gasteiger partial charge in [-0.1, -0.05) is 0 Å². The van der Waals surface area contributed by atoms with Gasteiger partial charge >= 0.3 is 12.1 Å². The molecule has 1 fully saturated rings. The fourth-order valence-electron chi connectivity index (χ4n) is 3.16. The lowest BCUT2D eigenvalue weighted by Crippen LogP contribution is -2.48. The predicted molar refractivity (Wildman–Crippen MR) is 107 cm³/mol. The highest BCUT2D eigenvalue weighted by Crippen LogP contribution is 2.26. The van der Waals surface area contributed by atoms with E-state index in [-0.39, 0.29) is 12.1 Å². The summed E-state index contributed by atoms with van der Waals surface area (Å²) < 4.78 is 47.9. The highest BCUT2D eigenvalue weighted by Gasteiger charge is 2.25. The maximum atomic E-state index is 14.9. The smallest absolute Gasteiger partial charge is 0.409 e. The molecule has 1 aliphatic rings. The quantitative estimate of drug-likeness (QED) is 0.717. The topological polar surface area (TPSA) is 86.8 Å². The largest absolute Gasteiger partial charge is 0.453 e. The monoisotopic (exact) mass is 437 g/mol. The van der Waals surface area contributed by atoms with Crippen molar-refractivity contribution in [2.45, 2.75) is 13.5 Å². The van der Waals surface area contributed by atoms with Gasteiger partial charge in [-0.25, -0.2) is 22.8 Å². The van der Waals surface area contributed by atoms with E-state index in [0.717, 1.165) is 11.8 Å². The number of urea groups is 1. The molecule has 0 saturated carbocycles. The molecule has 1 aromatic heterocycles. The van der Waals surface area contributed by atoms with Gasteiger partial charge in [-0.2, -0.15) is 0 Å². The van der Waals surface area contributed by atoms with E-state index in [4.69, 9.17) is 0 Å². The first-order chi connectivity index (χ1) is 14.8. The fraction of sp³-hybridized carbons (Fsp3) is 0.350. The van der Waals surface area contributed by atoms with E-state index < -0.39 is 35.3 Å². The lowest BCUT2D eigenvalue weighted by Gasteiger charge is -2.33. The summed E-state index contributed by atoms with van der Waals surface area (Å²) >= 11 is 0. The first-order valence-electron chi connectivity index (χ1n) is 9.50. The minimum atomic E-state index is -1.49. The van der Waals surface area contributed by atoms with E-state index in [2.05, 4.69) is 15.0 Å². The molecule has 11 heteroatoms. The molecule has 1 aromatic carbocycles. The molecule has 0 spiro atoms. The van der Waals surface area contributed by atoms with Crippen molar-refractivity contribution in [3.8, 4) is 0 Å². The Balaban J connectivity index is 1.70. The van der Waals surface area contributed by atoms with Crippen molar-refractivity contribution in [3.63, 3.8) is 0 Å². The number of hydrogen-bond acceptors (Lipinski definition) is 5. The third-order valence-electron chi connectivity index (χ3n) is 4.84. The Hall–Kier alpha value is -3.34. The van der Waals surface area contributed by atoms with Crippen LogP contribution in [0.4, 0.5) is 34.1 Å². The zero-order chi connectivity index (χ0) is 22.5. The highest BCUT2D eigenvalue weighted by molar-refractivity contribution is 5.99. The van der Waals surface area contributed by atoms with Crippen LogP contribution in [0.1, 0.15) is 11.3 Å².